The Kier molecular flexibility index (Phi) is 3.47. The van der Waals surface area contributed by atoms with Crippen LogP contribution in [0, 0.1) is 11.3 Å². The smallest absolute Gasteiger partial charge is 0.138 e. The van der Waals surface area contributed by atoms with E-state index in [9.17, 15) is 5.11 Å². The van der Waals surface area contributed by atoms with Gasteiger partial charge in [0.05, 0.1) is 18.2 Å². The molecule has 0 bridgehead atoms. The Hall–Kier alpha value is -1.09. The molecule has 1 aromatic rings. The van der Waals surface area contributed by atoms with Gasteiger partial charge in [0.15, 0.2) is 0 Å². The van der Waals surface area contributed by atoms with Gasteiger partial charge in [-0.3, -0.25) is 0 Å². The Morgan fingerprint density at radius 2 is 2.21 bits per heavy atom. The molecule has 0 unspecified atom stereocenters. The van der Waals surface area contributed by atoms with E-state index in [1.807, 2.05) is 6.07 Å². The molecule has 5 heteroatoms. The summed E-state index contributed by atoms with van der Waals surface area (Å²) in [6.45, 7) is -0.283. The molecule has 4 nitrogen and oxygen atoms in total. The predicted molar refractivity (Wildman–Crippen MR) is 54.5 cm³/mol. The lowest BCUT2D eigenvalue weighted by atomic mass is 10.0. The molecule has 0 saturated heterocycles. The Morgan fingerprint density at radius 3 is 2.71 bits per heavy atom. The molecule has 0 aliphatic carbocycles. The van der Waals surface area contributed by atoms with Crippen LogP contribution in [0.15, 0.2) is 16.6 Å². The highest BCUT2D eigenvalue weighted by atomic mass is 79.9. The van der Waals surface area contributed by atoms with Crippen LogP contribution in [0.3, 0.4) is 0 Å². The summed E-state index contributed by atoms with van der Waals surface area (Å²) < 4.78 is 0.644. The maximum absolute atomic E-state index is 9.58. The number of benzene rings is 1. The first-order chi connectivity index (χ1) is 6.60. The number of aliphatic hydroxyl groups excluding tert-OH is 1. The van der Waals surface area contributed by atoms with Crippen LogP contribution in [0.2, 0.25) is 0 Å². The van der Waals surface area contributed by atoms with Crippen molar-refractivity contribution < 1.29 is 10.2 Å². The van der Waals surface area contributed by atoms with Gasteiger partial charge in [-0.25, -0.2) is 0 Å². The lowest BCUT2D eigenvalue weighted by Crippen LogP contribution is -2.14. The fraction of sp³-hybridized carbons (Fsp3) is 0.222. The van der Waals surface area contributed by atoms with Crippen LogP contribution >= 0.6 is 15.9 Å². The van der Waals surface area contributed by atoms with Crippen molar-refractivity contribution in [3.8, 4) is 11.8 Å². The Labute approximate surface area is 89.7 Å². The van der Waals surface area contributed by atoms with Crippen LogP contribution in [0.1, 0.15) is 17.2 Å². The van der Waals surface area contributed by atoms with E-state index in [2.05, 4.69) is 15.9 Å². The maximum Gasteiger partial charge on any atom is 0.138 e. The molecule has 0 amide bonds. The van der Waals surface area contributed by atoms with E-state index in [-0.39, 0.29) is 17.9 Å². The summed E-state index contributed by atoms with van der Waals surface area (Å²) in [5.41, 5.74) is 6.04. The van der Waals surface area contributed by atoms with Crippen molar-refractivity contribution in [1.29, 1.82) is 5.26 Å². The molecule has 0 aliphatic rings. The molecule has 1 atom stereocenters. The molecule has 1 rings (SSSR count). The molecule has 0 aliphatic heterocycles. The van der Waals surface area contributed by atoms with Crippen LogP contribution in [0.25, 0.3) is 0 Å². The van der Waals surface area contributed by atoms with Gasteiger partial charge < -0.3 is 15.9 Å². The van der Waals surface area contributed by atoms with Crippen LogP contribution in [-0.2, 0) is 0 Å². The number of hydrogen-bond acceptors (Lipinski definition) is 4. The zero-order chi connectivity index (χ0) is 10.7. The molecule has 0 radical (unpaired) electrons. The predicted octanol–water partition coefficient (Wildman–Crippen LogP) is 1.02. The van der Waals surface area contributed by atoms with E-state index in [0.717, 1.165) is 0 Å². The van der Waals surface area contributed by atoms with Gasteiger partial charge in [0.2, 0.25) is 0 Å². The molecule has 0 saturated carbocycles. The van der Waals surface area contributed by atoms with Crippen LogP contribution in [0.4, 0.5) is 0 Å². The summed E-state index contributed by atoms with van der Waals surface area (Å²) in [7, 11) is 0. The molecule has 4 N–H and O–H groups in total. The third-order valence-corrected chi connectivity index (χ3v) is 2.28. The molecule has 0 fully saturated rings. The highest BCUT2D eigenvalue weighted by Gasteiger charge is 2.14. The van der Waals surface area contributed by atoms with E-state index >= 15 is 0 Å². The van der Waals surface area contributed by atoms with Crippen LogP contribution in [-0.4, -0.2) is 16.8 Å². The Morgan fingerprint density at radius 1 is 1.57 bits per heavy atom. The van der Waals surface area contributed by atoms with Gasteiger partial charge in [-0.05, 0) is 12.1 Å². The summed E-state index contributed by atoms with van der Waals surface area (Å²) in [4.78, 5) is 0. The lowest BCUT2D eigenvalue weighted by molar-refractivity contribution is 0.265. The van der Waals surface area contributed by atoms with Crippen molar-refractivity contribution >= 4 is 15.9 Å². The normalized spacial score (nSPS) is 12.1. The number of phenols is 1. The molecular weight excluding hydrogens is 248 g/mol. The highest BCUT2D eigenvalue weighted by molar-refractivity contribution is 9.10. The largest absolute Gasteiger partial charge is 0.506 e. The van der Waals surface area contributed by atoms with Gasteiger partial charge >= 0.3 is 0 Å². The van der Waals surface area contributed by atoms with E-state index in [1.165, 1.54) is 6.07 Å². The number of nitriles is 1. The van der Waals surface area contributed by atoms with E-state index in [1.54, 1.807) is 6.07 Å². The number of nitrogens with two attached hydrogens (primary N) is 1. The molecule has 14 heavy (non-hydrogen) atoms. The number of aromatic hydroxyl groups is 1. The molecular formula is C9H9BrN2O2. The minimum atomic E-state index is -0.681. The second-order valence-electron chi connectivity index (χ2n) is 2.79. The summed E-state index contributed by atoms with van der Waals surface area (Å²) >= 11 is 3.19. The fourth-order valence-corrected chi connectivity index (χ4v) is 1.56. The monoisotopic (exact) mass is 256 g/mol. The minimum absolute atomic E-state index is 0.137. The van der Waals surface area contributed by atoms with Gasteiger partial charge in [0.25, 0.3) is 0 Å². The zero-order valence-corrected chi connectivity index (χ0v) is 8.82. The standard InChI is InChI=1S/C9H9BrN2O2/c10-6-1-5(3-11)9(14)7(2-6)8(12)4-13/h1-2,8,13-14H,4,12H2/t8-/m0/s1. The van der Waals surface area contributed by atoms with Gasteiger partial charge in [0.1, 0.15) is 11.8 Å². The molecule has 0 heterocycles. The van der Waals surface area contributed by atoms with Gasteiger partial charge in [0, 0.05) is 10.0 Å². The second kappa shape index (κ2) is 4.42. The topological polar surface area (TPSA) is 90.3 Å². The SMILES string of the molecule is N#Cc1cc(Br)cc([C@@H](N)CO)c1O. The number of nitrogens with zero attached hydrogens (tertiary/aromatic N) is 1. The highest BCUT2D eigenvalue weighted by Crippen LogP contribution is 2.30. The minimum Gasteiger partial charge on any atom is -0.506 e. The van der Waals surface area contributed by atoms with Gasteiger partial charge in [-0.1, -0.05) is 15.9 Å². The van der Waals surface area contributed by atoms with Crippen molar-refractivity contribution in [2.24, 2.45) is 5.73 Å². The van der Waals surface area contributed by atoms with Gasteiger partial charge in [-0.15, -0.1) is 0 Å². The molecule has 0 spiro atoms. The molecule has 74 valence electrons. The Bertz CT molecular complexity index is 387. The van der Waals surface area contributed by atoms with Gasteiger partial charge in [-0.2, -0.15) is 5.26 Å². The summed E-state index contributed by atoms with van der Waals surface area (Å²) in [6, 6.07) is 4.23. The van der Waals surface area contributed by atoms with Crippen molar-refractivity contribution in [1.82, 2.24) is 0 Å². The maximum atomic E-state index is 9.58. The zero-order valence-electron chi connectivity index (χ0n) is 7.24. The summed E-state index contributed by atoms with van der Waals surface area (Å²) in [5.74, 6) is -0.169. The summed E-state index contributed by atoms with van der Waals surface area (Å²) in [5, 5.41) is 27.1. The van der Waals surface area contributed by atoms with Crippen molar-refractivity contribution in [2.45, 2.75) is 6.04 Å². The first-order valence-electron chi connectivity index (χ1n) is 3.89. The van der Waals surface area contributed by atoms with Crippen LogP contribution in [0.5, 0.6) is 5.75 Å². The number of hydrogen-bond donors (Lipinski definition) is 3. The van der Waals surface area contributed by atoms with Crippen molar-refractivity contribution in [2.75, 3.05) is 6.61 Å². The summed E-state index contributed by atoms with van der Waals surface area (Å²) in [6.07, 6.45) is 0. The third-order valence-electron chi connectivity index (χ3n) is 1.82. The average molecular weight is 257 g/mol. The van der Waals surface area contributed by atoms with Crippen molar-refractivity contribution in [3.63, 3.8) is 0 Å². The number of rotatable bonds is 2. The first-order valence-corrected chi connectivity index (χ1v) is 4.68. The number of phenolic OH excluding ortho intramolecular Hbond substituents is 1. The quantitative estimate of drug-likeness (QED) is 0.737. The Balaban J connectivity index is 3.30. The second-order valence-corrected chi connectivity index (χ2v) is 3.71. The average Bonchev–Trinajstić information content (AvgIpc) is 2.19. The van der Waals surface area contributed by atoms with Crippen LogP contribution < -0.4 is 5.73 Å². The van der Waals surface area contributed by atoms with E-state index in [4.69, 9.17) is 16.1 Å². The number of halogens is 1. The molecule has 0 aromatic heterocycles. The fourth-order valence-electron chi connectivity index (χ4n) is 1.09. The number of aliphatic hydroxyl groups is 1. The first kappa shape index (κ1) is 11.0. The third kappa shape index (κ3) is 2.04. The lowest BCUT2D eigenvalue weighted by Gasteiger charge is -2.11. The van der Waals surface area contributed by atoms with E-state index in [0.29, 0.717) is 10.0 Å². The van der Waals surface area contributed by atoms with E-state index < -0.39 is 6.04 Å². The van der Waals surface area contributed by atoms with Crippen molar-refractivity contribution in [3.05, 3.63) is 27.7 Å². The molecule has 1 aromatic carbocycles.